The van der Waals surface area contributed by atoms with Crippen LogP contribution in [0, 0.1) is 11.8 Å². The van der Waals surface area contributed by atoms with Crippen molar-refractivity contribution in [2.45, 2.75) is 89.5 Å². The molecular formula is C18H34N+. The molecule has 0 aromatic carbocycles. The molecule has 2 aliphatic carbocycles. The van der Waals surface area contributed by atoms with E-state index in [2.05, 4.69) is 0 Å². The molecule has 0 spiro atoms. The fourth-order valence-corrected chi connectivity index (χ4v) is 5.38. The molecule has 0 aromatic rings. The number of likely N-dealkylation sites (tertiary alicyclic amines) is 1. The molecule has 1 nitrogen and oxygen atoms in total. The third-order valence-electron chi connectivity index (χ3n) is 6.28. The minimum Gasteiger partial charge on any atom is -0.332 e. The zero-order valence-electron chi connectivity index (χ0n) is 12.8. The van der Waals surface area contributed by atoms with E-state index in [1.807, 2.05) is 4.90 Å². The monoisotopic (exact) mass is 264 g/mol. The molecule has 0 unspecified atom stereocenters. The van der Waals surface area contributed by atoms with E-state index in [9.17, 15) is 0 Å². The molecule has 3 aliphatic rings. The number of piperidine rings is 1. The van der Waals surface area contributed by atoms with E-state index < -0.39 is 0 Å². The van der Waals surface area contributed by atoms with Crippen LogP contribution in [0.5, 0.6) is 0 Å². The molecule has 1 aliphatic heterocycles. The molecule has 0 bridgehead atoms. The van der Waals surface area contributed by atoms with E-state index >= 15 is 0 Å². The molecule has 0 amide bonds. The third kappa shape index (κ3) is 3.54. The highest BCUT2D eigenvalue weighted by molar-refractivity contribution is 4.82. The van der Waals surface area contributed by atoms with Crippen molar-refractivity contribution in [3.8, 4) is 0 Å². The van der Waals surface area contributed by atoms with Gasteiger partial charge in [-0.25, -0.2) is 0 Å². The highest BCUT2D eigenvalue weighted by Crippen LogP contribution is 2.34. The van der Waals surface area contributed by atoms with Gasteiger partial charge in [0, 0.05) is 11.8 Å². The summed E-state index contributed by atoms with van der Waals surface area (Å²) in [5.41, 5.74) is 0. The number of hydrogen-bond acceptors (Lipinski definition) is 0. The summed E-state index contributed by atoms with van der Waals surface area (Å²) < 4.78 is 0. The Balaban J connectivity index is 1.68. The Morgan fingerprint density at radius 3 is 1.42 bits per heavy atom. The standard InChI is InChI=1S/C18H33N/c1-4-10-16(11-5-1)18(17-12-6-2-7-13-17)19-14-8-3-9-15-19/h16-18H,1-15H2/p+1. The first-order valence-electron chi connectivity index (χ1n) is 9.30. The highest BCUT2D eigenvalue weighted by atomic mass is 15.2. The second kappa shape index (κ2) is 7.11. The van der Waals surface area contributed by atoms with Crippen molar-refractivity contribution in [2.24, 2.45) is 11.8 Å². The summed E-state index contributed by atoms with van der Waals surface area (Å²) in [6.45, 7) is 3.00. The van der Waals surface area contributed by atoms with E-state index in [1.54, 1.807) is 25.7 Å². The first-order chi connectivity index (χ1) is 9.45. The van der Waals surface area contributed by atoms with Crippen LogP contribution in [0.2, 0.25) is 0 Å². The summed E-state index contributed by atoms with van der Waals surface area (Å²) in [7, 11) is 0. The van der Waals surface area contributed by atoms with Gasteiger partial charge in [-0.1, -0.05) is 38.5 Å². The SMILES string of the molecule is C1CCC(C(C2CCCCC2)[NH+]2CCCCC2)CC1. The molecule has 110 valence electrons. The maximum absolute atomic E-state index is 2.03. The fraction of sp³-hybridized carbons (Fsp3) is 1.00. The molecule has 1 saturated heterocycles. The molecular weight excluding hydrogens is 230 g/mol. The normalized spacial score (nSPS) is 28.9. The summed E-state index contributed by atoms with van der Waals surface area (Å²) in [6.07, 6.45) is 19.9. The van der Waals surface area contributed by atoms with Crippen LogP contribution in [0.3, 0.4) is 0 Å². The van der Waals surface area contributed by atoms with Crippen LogP contribution in [0.4, 0.5) is 0 Å². The van der Waals surface area contributed by atoms with E-state index in [-0.39, 0.29) is 0 Å². The molecule has 0 atom stereocenters. The lowest BCUT2D eigenvalue weighted by molar-refractivity contribution is -0.938. The first kappa shape index (κ1) is 13.9. The summed E-state index contributed by atoms with van der Waals surface area (Å²) in [6, 6.07) is 1.06. The van der Waals surface area contributed by atoms with Gasteiger partial charge in [0.25, 0.3) is 0 Å². The van der Waals surface area contributed by atoms with E-state index in [0.29, 0.717) is 0 Å². The number of rotatable bonds is 3. The van der Waals surface area contributed by atoms with Crippen molar-refractivity contribution in [1.29, 1.82) is 0 Å². The van der Waals surface area contributed by atoms with Crippen LogP contribution >= 0.6 is 0 Å². The quantitative estimate of drug-likeness (QED) is 0.794. The fourth-order valence-electron chi connectivity index (χ4n) is 5.38. The number of hydrogen-bond donors (Lipinski definition) is 1. The van der Waals surface area contributed by atoms with Crippen LogP contribution in [0.25, 0.3) is 0 Å². The lowest BCUT2D eigenvalue weighted by atomic mass is 9.72. The number of nitrogens with one attached hydrogen (secondary N) is 1. The van der Waals surface area contributed by atoms with Crippen LogP contribution in [-0.4, -0.2) is 19.1 Å². The molecule has 1 heterocycles. The minimum absolute atomic E-state index is 1.06. The van der Waals surface area contributed by atoms with Crippen LogP contribution in [-0.2, 0) is 0 Å². The van der Waals surface area contributed by atoms with Gasteiger partial charge in [0.2, 0.25) is 0 Å². The number of quaternary nitrogens is 1. The maximum Gasteiger partial charge on any atom is 0.0931 e. The van der Waals surface area contributed by atoms with Crippen molar-refractivity contribution < 1.29 is 4.90 Å². The van der Waals surface area contributed by atoms with Crippen LogP contribution in [0.15, 0.2) is 0 Å². The highest BCUT2D eigenvalue weighted by Gasteiger charge is 2.38. The smallest absolute Gasteiger partial charge is 0.0931 e. The van der Waals surface area contributed by atoms with Gasteiger partial charge in [0.05, 0.1) is 19.1 Å². The first-order valence-corrected chi connectivity index (χ1v) is 9.30. The van der Waals surface area contributed by atoms with E-state index in [1.165, 1.54) is 70.9 Å². The average molecular weight is 264 g/mol. The van der Waals surface area contributed by atoms with Gasteiger partial charge in [-0.2, -0.15) is 0 Å². The molecule has 19 heavy (non-hydrogen) atoms. The Labute approximate surface area is 120 Å². The lowest BCUT2D eigenvalue weighted by Crippen LogP contribution is -3.18. The predicted octanol–water partition coefficient (Wildman–Crippen LogP) is 3.58. The predicted molar refractivity (Wildman–Crippen MR) is 81.5 cm³/mol. The van der Waals surface area contributed by atoms with Crippen LogP contribution < -0.4 is 4.90 Å². The lowest BCUT2D eigenvalue weighted by Gasteiger charge is -2.43. The average Bonchev–Trinajstić information content (AvgIpc) is 2.51. The topological polar surface area (TPSA) is 4.44 Å². The molecule has 0 aromatic heterocycles. The second-order valence-corrected chi connectivity index (χ2v) is 7.54. The largest absolute Gasteiger partial charge is 0.332 e. The Bertz CT molecular complexity index is 202. The molecule has 1 heteroatoms. The van der Waals surface area contributed by atoms with Gasteiger partial charge >= 0.3 is 0 Å². The molecule has 1 N–H and O–H groups in total. The van der Waals surface area contributed by atoms with Gasteiger partial charge in [-0.3, -0.25) is 0 Å². The van der Waals surface area contributed by atoms with Gasteiger partial charge in [-0.05, 0) is 44.9 Å². The Morgan fingerprint density at radius 2 is 0.947 bits per heavy atom. The summed E-state index contributed by atoms with van der Waals surface area (Å²) in [5, 5.41) is 0. The molecule has 3 rings (SSSR count). The van der Waals surface area contributed by atoms with E-state index in [0.717, 1.165) is 17.9 Å². The van der Waals surface area contributed by atoms with E-state index in [4.69, 9.17) is 0 Å². The van der Waals surface area contributed by atoms with Crippen molar-refractivity contribution in [3.63, 3.8) is 0 Å². The summed E-state index contributed by atoms with van der Waals surface area (Å²) >= 11 is 0. The van der Waals surface area contributed by atoms with Gasteiger partial charge in [0.15, 0.2) is 0 Å². The Hall–Kier alpha value is -0.0400. The van der Waals surface area contributed by atoms with Gasteiger partial charge < -0.3 is 4.90 Å². The van der Waals surface area contributed by atoms with Crippen LogP contribution in [0.1, 0.15) is 83.5 Å². The zero-order chi connectivity index (χ0) is 12.9. The molecule has 0 radical (unpaired) electrons. The maximum atomic E-state index is 2.03. The van der Waals surface area contributed by atoms with Crippen molar-refractivity contribution in [2.75, 3.05) is 13.1 Å². The second-order valence-electron chi connectivity index (χ2n) is 7.54. The third-order valence-corrected chi connectivity index (χ3v) is 6.28. The van der Waals surface area contributed by atoms with Crippen molar-refractivity contribution in [3.05, 3.63) is 0 Å². The summed E-state index contributed by atoms with van der Waals surface area (Å²) in [4.78, 5) is 2.03. The van der Waals surface area contributed by atoms with Gasteiger partial charge in [0.1, 0.15) is 0 Å². The molecule has 3 fully saturated rings. The summed E-state index contributed by atoms with van der Waals surface area (Å²) in [5.74, 6) is 2.18. The minimum atomic E-state index is 1.06. The van der Waals surface area contributed by atoms with Crippen molar-refractivity contribution in [1.82, 2.24) is 0 Å². The van der Waals surface area contributed by atoms with Crippen molar-refractivity contribution >= 4 is 0 Å². The zero-order valence-corrected chi connectivity index (χ0v) is 12.8. The Kier molecular flexibility index (Phi) is 5.21. The molecule has 2 saturated carbocycles. The van der Waals surface area contributed by atoms with Gasteiger partial charge in [-0.15, -0.1) is 0 Å². The Morgan fingerprint density at radius 1 is 0.526 bits per heavy atom.